The van der Waals surface area contributed by atoms with Gasteiger partial charge >= 0.3 is 17.9 Å². The van der Waals surface area contributed by atoms with Crippen molar-refractivity contribution in [2.75, 3.05) is 6.26 Å². The molecule has 0 aliphatic carbocycles. The zero-order valence-electron chi connectivity index (χ0n) is 12.7. The summed E-state index contributed by atoms with van der Waals surface area (Å²) in [6, 6.07) is 0. The fourth-order valence-electron chi connectivity index (χ4n) is 2.16. The van der Waals surface area contributed by atoms with Gasteiger partial charge in [0.1, 0.15) is 5.44 Å². The summed E-state index contributed by atoms with van der Waals surface area (Å²) in [5.41, 5.74) is -0.514. The maximum absolute atomic E-state index is 11.3. The average molecular weight is 320 g/mol. The molecule has 0 bridgehead atoms. The van der Waals surface area contributed by atoms with Gasteiger partial charge in [0.25, 0.3) is 0 Å². The van der Waals surface area contributed by atoms with Crippen LogP contribution in [0.4, 0.5) is 0 Å². The highest BCUT2D eigenvalue weighted by Crippen LogP contribution is 2.32. The van der Waals surface area contributed by atoms with E-state index in [1.54, 1.807) is 13.2 Å². The summed E-state index contributed by atoms with van der Waals surface area (Å²) >= 11 is 1.32. The Kier molecular flexibility index (Phi) is 6.47. The van der Waals surface area contributed by atoms with Crippen molar-refractivity contribution < 1.29 is 33.3 Å². The van der Waals surface area contributed by atoms with E-state index in [1.807, 2.05) is 0 Å². The number of esters is 3. The molecular weight excluding hydrogens is 300 g/mol. The first-order valence-corrected chi connectivity index (χ1v) is 7.75. The van der Waals surface area contributed by atoms with Crippen LogP contribution in [0.5, 0.6) is 0 Å². The predicted octanol–water partition coefficient (Wildman–Crippen LogP) is 0.889. The zero-order valence-corrected chi connectivity index (χ0v) is 13.5. The second-order valence-corrected chi connectivity index (χ2v) is 5.60. The van der Waals surface area contributed by atoms with E-state index in [4.69, 9.17) is 18.9 Å². The van der Waals surface area contributed by atoms with Gasteiger partial charge in [-0.2, -0.15) is 0 Å². The molecule has 1 rings (SSSR count). The van der Waals surface area contributed by atoms with Crippen molar-refractivity contribution in [1.29, 1.82) is 0 Å². The maximum atomic E-state index is 11.3. The van der Waals surface area contributed by atoms with Crippen molar-refractivity contribution >= 4 is 29.7 Å². The Morgan fingerprint density at radius 2 is 1.29 bits per heavy atom. The molecule has 1 aliphatic heterocycles. The lowest BCUT2D eigenvalue weighted by Crippen LogP contribution is -2.59. The summed E-state index contributed by atoms with van der Waals surface area (Å²) in [4.78, 5) is 33.8. The Hall–Kier alpha value is -1.28. The molecule has 0 spiro atoms. The maximum Gasteiger partial charge on any atom is 0.303 e. The molecule has 0 saturated carbocycles. The topological polar surface area (TPSA) is 88.1 Å². The van der Waals surface area contributed by atoms with Crippen LogP contribution in [0.2, 0.25) is 0 Å². The van der Waals surface area contributed by atoms with Crippen molar-refractivity contribution in [3.05, 3.63) is 0 Å². The van der Waals surface area contributed by atoms with Gasteiger partial charge in [0.2, 0.25) is 0 Å². The van der Waals surface area contributed by atoms with E-state index in [0.717, 1.165) is 0 Å². The Morgan fingerprint density at radius 1 is 0.857 bits per heavy atom. The lowest BCUT2D eigenvalue weighted by Gasteiger charge is -2.43. The van der Waals surface area contributed by atoms with Gasteiger partial charge in [-0.3, -0.25) is 14.4 Å². The van der Waals surface area contributed by atoms with Crippen LogP contribution >= 0.6 is 11.8 Å². The van der Waals surface area contributed by atoms with Crippen LogP contribution in [0.1, 0.15) is 27.7 Å². The van der Waals surface area contributed by atoms with Gasteiger partial charge in [-0.25, -0.2) is 0 Å². The summed E-state index contributed by atoms with van der Waals surface area (Å²) in [6.07, 6.45) is -1.30. The van der Waals surface area contributed by atoms with E-state index in [9.17, 15) is 14.4 Å². The highest BCUT2D eigenvalue weighted by atomic mass is 32.2. The first-order chi connectivity index (χ1) is 9.76. The van der Waals surface area contributed by atoms with Gasteiger partial charge in [0, 0.05) is 20.8 Å². The van der Waals surface area contributed by atoms with Gasteiger partial charge in [0.15, 0.2) is 18.3 Å². The average Bonchev–Trinajstić information content (AvgIpc) is 2.35. The molecule has 1 saturated heterocycles. The Labute approximate surface area is 127 Å². The number of carbonyl (C=O) groups is 3. The molecule has 1 heterocycles. The fourth-order valence-corrected chi connectivity index (χ4v) is 2.92. The van der Waals surface area contributed by atoms with Crippen molar-refractivity contribution in [3.8, 4) is 0 Å². The third-order valence-corrected chi connectivity index (χ3v) is 3.71. The molecule has 0 aromatic rings. The standard InChI is InChI=1S/C13H20O7S/c1-6-10(18-7(2)14)11(19-8(3)15)12(20-9(4)16)13(17-6)21-5/h6,10-13H,1-5H3. The van der Waals surface area contributed by atoms with Gasteiger partial charge in [0.05, 0.1) is 6.10 Å². The summed E-state index contributed by atoms with van der Waals surface area (Å²) in [6.45, 7) is 5.45. The van der Waals surface area contributed by atoms with E-state index < -0.39 is 47.8 Å². The van der Waals surface area contributed by atoms with Crippen molar-refractivity contribution in [3.63, 3.8) is 0 Å². The minimum atomic E-state index is -0.906. The van der Waals surface area contributed by atoms with Gasteiger partial charge < -0.3 is 18.9 Å². The predicted molar refractivity (Wildman–Crippen MR) is 74.5 cm³/mol. The molecule has 0 N–H and O–H groups in total. The summed E-state index contributed by atoms with van der Waals surface area (Å²) in [5.74, 6) is -1.61. The third-order valence-electron chi connectivity index (χ3n) is 2.87. The molecule has 8 heteroatoms. The van der Waals surface area contributed by atoms with Crippen LogP contribution in [0, 0.1) is 0 Å². The zero-order chi connectivity index (χ0) is 16.2. The van der Waals surface area contributed by atoms with E-state index in [1.165, 1.54) is 32.5 Å². The van der Waals surface area contributed by atoms with Gasteiger partial charge in [-0.05, 0) is 13.2 Å². The first kappa shape index (κ1) is 17.8. The second kappa shape index (κ2) is 7.65. The normalized spacial score (nSPS) is 32.1. The van der Waals surface area contributed by atoms with Crippen LogP contribution in [-0.2, 0) is 33.3 Å². The molecule has 0 amide bonds. The van der Waals surface area contributed by atoms with Crippen LogP contribution < -0.4 is 0 Å². The molecule has 120 valence electrons. The summed E-state index contributed by atoms with van der Waals surface area (Å²) in [7, 11) is 0. The largest absolute Gasteiger partial charge is 0.456 e. The molecule has 0 radical (unpaired) electrons. The van der Waals surface area contributed by atoms with E-state index in [2.05, 4.69) is 0 Å². The monoisotopic (exact) mass is 320 g/mol. The molecule has 7 nitrogen and oxygen atoms in total. The molecular formula is C13H20O7S. The van der Waals surface area contributed by atoms with Crippen molar-refractivity contribution in [1.82, 2.24) is 0 Å². The number of rotatable bonds is 4. The molecule has 21 heavy (non-hydrogen) atoms. The summed E-state index contributed by atoms with van der Waals surface area (Å²) in [5, 5.41) is 0. The van der Waals surface area contributed by atoms with Crippen LogP contribution in [0.15, 0.2) is 0 Å². The molecule has 5 unspecified atom stereocenters. The van der Waals surface area contributed by atoms with Crippen molar-refractivity contribution in [2.24, 2.45) is 0 Å². The van der Waals surface area contributed by atoms with Crippen LogP contribution in [0.25, 0.3) is 0 Å². The molecule has 0 aromatic heterocycles. The van der Waals surface area contributed by atoms with Gasteiger partial charge in [-0.15, -0.1) is 11.8 Å². The number of thioether (sulfide) groups is 1. The molecule has 5 atom stereocenters. The van der Waals surface area contributed by atoms with Gasteiger partial charge in [-0.1, -0.05) is 0 Å². The number of ether oxygens (including phenoxy) is 4. The number of carbonyl (C=O) groups excluding carboxylic acids is 3. The van der Waals surface area contributed by atoms with E-state index in [0.29, 0.717) is 0 Å². The van der Waals surface area contributed by atoms with Crippen LogP contribution in [-0.4, -0.2) is 54.0 Å². The highest BCUT2D eigenvalue weighted by molar-refractivity contribution is 7.99. The van der Waals surface area contributed by atoms with E-state index in [-0.39, 0.29) is 0 Å². The Balaban J connectivity index is 3.08. The lowest BCUT2D eigenvalue weighted by atomic mass is 10.00. The third kappa shape index (κ3) is 4.89. The quantitative estimate of drug-likeness (QED) is 0.557. The Morgan fingerprint density at radius 3 is 1.71 bits per heavy atom. The van der Waals surface area contributed by atoms with E-state index >= 15 is 0 Å². The minimum absolute atomic E-state index is 0.498. The van der Waals surface area contributed by atoms with Crippen LogP contribution in [0.3, 0.4) is 0 Å². The van der Waals surface area contributed by atoms with Crippen molar-refractivity contribution in [2.45, 2.75) is 57.5 Å². The molecule has 1 aliphatic rings. The minimum Gasteiger partial charge on any atom is -0.456 e. The summed E-state index contributed by atoms with van der Waals surface area (Å²) < 4.78 is 21.3. The molecule has 1 fully saturated rings. The smallest absolute Gasteiger partial charge is 0.303 e. The lowest BCUT2D eigenvalue weighted by molar-refractivity contribution is -0.228. The Bertz CT molecular complexity index is 411. The second-order valence-electron chi connectivity index (χ2n) is 4.67. The SMILES string of the molecule is CSC1OC(C)C(OC(C)=O)C(OC(C)=O)C1OC(C)=O. The number of hydrogen-bond acceptors (Lipinski definition) is 8. The first-order valence-electron chi connectivity index (χ1n) is 6.46. The number of hydrogen-bond donors (Lipinski definition) is 0. The fraction of sp³-hybridized carbons (Fsp3) is 0.769. The highest BCUT2D eigenvalue weighted by Gasteiger charge is 2.49. The molecule has 0 aromatic carbocycles.